The van der Waals surface area contributed by atoms with Crippen LogP contribution in [0.1, 0.15) is 44.2 Å². The highest BCUT2D eigenvalue weighted by Crippen LogP contribution is 2.49. The molecule has 2 aromatic rings. The number of carbonyl (C=O) groups is 1. The maximum Gasteiger partial charge on any atom is 0.314 e. The third kappa shape index (κ3) is 1.94. The van der Waals surface area contributed by atoms with E-state index in [1.54, 1.807) is 11.3 Å². The van der Waals surface area contributed by atoms with Crippen LogP contribution in [0, 0.1) is 0 Å². The Morgan fingerprint density at radius 3 is 2.58 bits per heavy atom. The summed E-state index contributed by atoms with van der Waals surface area (Å²) >= 11 is 1.69. The Bertz CT molecular complexity index is 662. The molecule has 0 aliphatic heterocycles. The molecule has 1 aromatic heterocycles. The molecule has 0 saturated heterocycles. The third-order valence-corrected chi connectivity index (χ3v) is 5.20. The van der Waals surface area contributed by atoms with Gasteiger partial charge >= 0.3 is 5.97 Å². The van der Waals surface area contributed by atoms with Gasteiger partial charge in [0.1, 0.15) is 0 Å². The molecule has 0 bridgehead atoms. The normalized spacial score (nSPS) is 17.6. The summed E-state index contributed by atoms with van der Waals surface area (Å²) in [5.41, 5.74) is 1.23. The van der Waals surface area contributed by atoms with Crippen LogP contribution in [0.15, 0.2) is 18.2 Å². The minimum atomic E-state index is -0.710. The number of thiazole rings is 1. The van der Waals surface area contributed by atoms with Crippen LogP contribution < -0.4 is 0 Å². The number of carboxylic acid groups (broad SMARTS) is 1. The van der Waals surface area contributed by atoms with E-state index in [2.05, 4.69) is 25.8 Å². The predicted octanol–water partition coefficient (Wildman–Crippen LogP) is 3.71. The van der Waals surface area contributed by atoms with Gasteiger partial charge in [0.05, 0.1) is 20.6 Å². The minimum absolute atomic E-state index is 0.0356. The van der Waals surface area contributed by atoms with E-state index in [1.807, 2.05) is 18.2 Å². The molecule has 1 heterocycles. The van der Waals surface area contributed by atoms with Crippen LogP contribution in [0.4, 0.5) is 0 Å². The maximum atomic E-state index is 11.4. The first-order valence-corrected chi connectivity index (χ1v) is 7.29. The second-order valence-electron chi connectivity index (χ2n) is 6.34. The van der Waals surface area contributed by atoms with Crippen molar-refractivity contribution < 1.29 is 9.90 Å². The van der Waals surface area contributed by atoms with Gasteiger partial charge in [-0.1, -0.05) is 26.8 Å². The van der Waals surface area contributed by atoms with Gasteiger partial charge in [-0.25, -0.2) is 4.98 Å². The number of carboxylic acids is 1. The van der Waals surface area contributed by atoms with Gasteiger partial charge in [-0.05, 0) is 30.5 Å². The van der Waals surface area contributed by atoms with Gasteiger partial charge in [0.2, 0.25) is 0 Å². The van der Waals surface area contributed by atoms with Gasteiger partial charge in [-0.3, -0.25) is 4.79 Å². The van der Waals surface area contributed by atoms with E-state index < -0.39 is 11.4 Å². The van der Waals surface area contributed by atoms with E-state index >= 15 is 0 Å². The van der Waals surface area contributed by atoms with Gasteiger partial charge in [-0.2, -0.15) is 0 Å². The number of benzene rings is 1. The zero-order valence-electron chi connectivity index (χ0n) is 11.4. The van der Waals surface area contributed by atoms with Crippen LogP contribution in [0.3, 0.4) is 0 Å². The zero-order valence-corrected chi connectivity index (χ0v) is 12.2. The molecule has 19 heavy (non-hydrogen) atoms. The molecule has 1 aromatic carbocycles. The number of aliphatic carboxylic acids is 1. The van der Waals surface area contributed by atoms with Crippen molar-refractivity contribution in [1.82, 2.24) is 4.98 Å². The smallest absolute Gasteiger partial charge is 0.314 e. The number of hydrogen-bond acceptors (Lipinski definition) is 3. The fourth-order valence-corrected chi connectivity index (χ4v) is 3.30. The topological polar surface area (TPSA) is 50.2 Å². The molecular weight excluding hydrogens is 258 g/mol. The first kappa shape index (κ1) is 12.6. The summed E-state index contributed by atoms with van der Waals surface area (Å²) in [6.45, 7) is 6.43. The molecule has 3 nitrogen and oxygen atoms in total. The largest absolute Gasteiger partial charge is 0.481 e. The Morgan fingerprint density at radius 2 is 2.05 bits per heavy atom. The van der Waals surface area contributed by atoms with E-state index in [0.29, 0.717) is 0 Å². The number of nitrogens with zero attached hydrogens (tertiary/aromatic N) is 1. The van der Waals surface area contributed by atoms with E-state index in [0.717, 1.165) is 33.6 Å². The Kier molecular flexibility index (Phi) is 2.52. The van der Waals surface area contributed by atoms with Crippen molar-refractivity contribution in [2.24, 2.45) is 0 Å². The third-order valence-electron chi connectivity index (χ3n) is 3.74. The van der Waals surface area contributed by atoms with Gasteiger partial charge in [0.15, 0.2) is 0 Å². The van der Waals surface area contributed by atoms with Crippen molar-refractivity contribution in [2.75, 3.05) is 0 Å². The standard InChI is InChI=1S/C15H17NO2S/c1-14(2,3)12-16-10-8-9(4-5-11(10)19-12)15(6-7-15)13(17)18/h4-5,8H,6-7H2,1-3H3,(H,17,18). The van der Waals surface area contributed by atoms with Crippen LogP contribution in [0.25, 0.3) is 10.2 Å². The van der Waals surface area contributed by atoms with Crippen molar-refractivity contribution in [1.29, 1.82) is 0 Å². The quantitative estimate of drug-likeness (QED) is 0.909. The lowest BCUT2D eigenvalue weighted by Gasteiger charge is -2.13. The van der Waals surface area contributed by atoms with Crippen molar-refractivity contribution in [3.63, 3.8) is 0 Å². The molecule has 1 saturated carbocycles. The van der Waals surface area contributed by atoms with E-state index in [-0.39, 0.29) is 5.41 Å². The van der Waals surface area contributed by atoms with E-state index in [9.17, 15) is 9.90 Å². The van der Waals surface area contributed by atoms with Crippen molar-refractivity contribution in [2.45, 2.75) is 44.4 Å². The fraction of sp³-hybridized carbons (Fsp3) is 0.467. The van der Waals surface area contributed by atoms with Gasteiger partial charge in [-0.15, -0.1) is 11.3 Å². The molecule has 0 amide bonds. The van der Waals surface area contributed by atoms with Crippen LogP contribution >= 0.6 is 11.3 Å². The van der Waals surface area contributed by atoms with E-state index in [4.69, 9.17) is 0 Å². The molecule has 1 N–H and O–H groups in total. The van der Waals surface area contributed by atoms with Crippen molar-refractivity contribution in [3.05, 3.63) is 28.8 Å². The average Bonchev–Trinajstić information content (AvgIpc) is 3.01. The monoisotopic (exact) mass is 275 g/mol. The highest BCUT2D eigenvalue weighted by Gasteiger charge is 2.51. The Hall–Kier alpha value is -1.42. The first-order chi connectivity index (χ1) is 8.83. The highest BCUT2D eigenvalue weighted by atomic mass is 32.1. The molecule has 4 heteroatoms. The number of hydrogen-bond donors (Lipinski definition) is 1. The van der Waals surface area contributed by atoms with Crippen LogP contribution in [0.2, 0.25) is 0 Å². The van der Waals surface area contributed by atoms with Gasteiger partial charge in [0, 0.05) is 5.41 Å². The molecule has 1 aliphatic carbocycles. The van der Waals surface area contributed by atoms with Gasteiger partial charge < -0.3 is 5.11 Å². The van der Waals surface area contributed by atoms with Gasteiger partial charge in [0.25, 0.3) is 0 Å². The summed E-state index contributed by atoms with van der Waals surface area (Å²) < 4.78 is 1.13. The summed E-state index contributed by atoms with van der Waals surface area (Å²) in [5, 5.41) is 10.4. The lowest BCUT2D eigenvalue weighted by Crippen LogP contribution is -2.19. The number of fused-ring (bicyclic) bond motifs is 1. The minimum Gasteiger partial charge on any atom is -0.481 e. The summed E-state index contributed by atoms with van der Waals surface area (Å²) in [4.78, 5) is 16.0. The molecule has 0 unspecified atom stereocenters. The van der Waals surface area contributed by atoms with Crippen LogP contribution in [-0.4, -0.2) is 16.1 Å². The summed E-state index contributed by atoms with van der Waals surface area (Å²) in [6.07, 6.45) is 1.48. The summed E-state index contributed by atoms with van der Waals surface area (Å²) in [7, 11) is 0. The Morgan fingerprint density at radius 1 is 1.37 bits per heavy atom. The molecule has 1 aliphatic rings. The number of rotatable bonds is 2. The summed E-state index contributed by atoms with van der Waals surface area (Å²) in [6, 6.07) is 5.93. The number of aromatic nitrogens is 1. The predicted molar refractivity (Wildman–Crippen MR) is 76.9 cm³/mol. The summed E-state index contributed by atoms with van der Waals surface area (Å²) in [5.74, 6) is -0.710. The van der Waals surface area contributed by atoms with Crippen LogP contribution in [0.5, 0.6) is 0 Å². The SMILES string of the molecule is CC(C)(C)c1nc2cc(C3(C(=O)O)CC3)ccc2s1. The first-order valence-electron chi connectivity index (χ1n) is 6.48. The van der Waals surface area contributed by atoms with Crippen molar-refractivity contribution >= 4 is 27.5 Å². The zero-order chi connectivity index (χ0) is 13.8. The lowest BCUT2D eigenvalue weighted by atomic mass is 9.96. The van der Waals surface area contributed by atoms with Crippen LogP contribution in [-0.2, 0) is 15.6 Å². The molecule has 0 spiro atoms. The second-order valence-corrected chi connectivity index (χ2v) is 7.37. The molecule has 1 fully saturated rings. The Balaban J connectivity index is 2.09. The molecular formula is C15H17NO2S. The van der Waals surface area contributed by atoms with E-state index in [1.165, 1.54) is 0 Å². The lowest BCUT2D eigenvalue weighted by molar-refractivity contribution is -0.140. The fourth-order valence-electron chi connectivity index (χ4n) is 2.30. The second kappa shape index (κ2) is 3.79. The molecule has 100 valence electrons. The molecule has 0 atom stereocenters. The van der Waals surface area contributed by atoms with Crippen molar-refractivity contribution in [3.8, 4) is 0 Å². The molecule has 3 rings (SSSR count). The maximum absolute atomic E-state index is 11.4. The molecule has 0 radical (unpaired) electrons. The Labute approximate surface area is 116 Å². The highest BCUT2D eigenvalue weighted by molar-refractivity contribution is 7.18. The average molecular weight is 275 g/mol.